The Hall–Kier alpha value is -1.61. The quantitative estimate of drug-likeness (QED) is 0.760. The van der Waals surface area contributed by atoms with Gasteiger partial charge in [-0.05, 0) is 29.3 Å². The van der Waals surface area contributed by atoms with Crippen molar-refractivity contribution in [2.24, 2.45) is 0 Å². The predicted octanol–water partition coefficient (Wildman–Crippen LogP) is 3.92. The summed E-state index contributed by atoms with van der Waals surface area (Å²) in [4.78, 5) is 7.44. The van der Waals surface area contributed by atoms with Crippen LogP contribution in [0.1, 0.15) is 11.1 Å². The van der Waals surface area contributed by atoms with E-state index in [0.717, 1.165) is 10.9 Å². The van der Waals surface area contributed by atoms with Crippen LogP contribution in [0.3, 0.4) is 0 Å². The van der Waals surface area contributed by atoms with E-state index >= 15 is 0 Å². The Labute approximate surface area is 108 Å². The second kappa shape index (κ2) is 4.34. The van der Waals surface area contributed by atoms with Gasteiger partial charge in [-0.2, -0.15) is 0 Å². The van der Waals surface area contributed by atoms with Crippen LogP contribution in [-0.2, 0) is 6.42 Å². The van der Waals surface area contributed by atoms with Gasteiger partial charge in [-0.3, -0.25) is 4.98 Å². The smallest absolute Gasteiger partial charge is 0.0468 e. The van der Waals surface area contributed by atoms with Crippen molar-refractivity contribution in [1.82, 2.24) is 9.97 Å². The van der Waals surface area contributed by atoms with Gasteiger partial charge < -0.3 is 4.98 Å². The number of H-pyrrole nitrogens is 1. The van der Waals surface area contributed by atoms with Crippen LogP contribution in [0.15, 0.2) is 53.4 Å². The number of halogens is 1. The minimum absolute atomic E-state index is 0.912. The number of pyridine rings is 1. The first-order chi connectivity index (χ1) is 8.33. The first kappa shape index (κ1) is 10.5. The maximum atomic E-state index is 4.14. The third-order valence-electron chi connectivity index (χ3n) is 2.85. The summed E-state index contributed by atoms with van der Waals surface area (Å²) in [6.07, 6.45) is 6.70. The van der Waals surface area contributed by atoms with Crippen LogP contribution in [0.4, 0.5) is 0 Å². The average molecular weight is 287 g/mol. The molecule has 0 radical (unpaired) electrons. The topological polar surface area (TPSA) is 28.7 Å². The standard InChI is InChI=1S/C14H11BrN2/c15-12-3-4-13-11(9-17-14(13)7-12)6-10-2-1-5-16-8-10/h1-5,7-9,17H,6H2. The van der Waals surface area contributed by atoms with Gasteiger partial charge in [0.25, 0.3) is 0 Å². The fourth-order valence-electron chi connectivity index (χ4n) is 2.03. The maximum Gasteiger partial charge on any atom is 0.0468 e. The molecule has 2 nitrogen and oxygen atoms in total. The van der Waals surface area contributed by atoms with Crippen LogP contribution in [-0.4, -0.2) is 9.97 Å². The number of fused-ring (bicyclic) bond motifs is 1. The zero-order valence-corrected chi connectivity index (χ0v) is 10.7. The van der Waals surface area contributed by atoms with Gasteiger partial charge in [0, 0.05) is 40.4 Å². The number of nitrogens with one attached hydrogen (secondary N) is 1. The largest absolute Gasteiger partial charge is 0.361 e. The van der Waals surface area contributed by atoms with E-state index in [0.29, 0.717) is 0 Å². The molecule has 3 heteroatoms. The van der Waals surface area contributed by atoms with Crippen molar-refractivity contribution < 1.29 is 0 Å². The molecule has 2 heterocycles. The Kier molecular flexibility index (Phi) is 2.69. The molecule has 0 aliphatic heterocycles. The van der Waals surface area contributed by atoms with Crippen LogP contribution in [0.2, 0.25) is 0 Å². The van der Waals surface area contributed by atoms with Crippen LogP contribution in [0, 0.1) is 0 Å². The number of nitrogens with zero attached hydrogens (tertiary/aromatic N) is 1. The van der Waals surface area contributed by atoms with E-state index in [1.165, 1.54) is 22.0 Å². The molecule has 0 saturated heterocycles. The summed E-state index contributed by atoms with van der Waals surface area (Å²) in [5, 5.41) is 1.28. The molecule has 0 aliphatic carbocycles. The molecule has 0 unspecified atom stereocenters. The monoisotopic (exact) mass is 286 g/mol. The van der Waals surface area contributed by atoms with E-state index in [4.69, 9.17) is 0 Å². The van der Waals surface area contributed by atoms with E-state index in [2.05, 4.69) is 56.4 Å². The van der Waals surface area contributed by atoms with Crippen molar-refractivity contribution in [2.45, 2.75) is 6.42 Å². The third-order valence-corrected chi connectivity index (χ3v) is 3.34. The number of aromatic nitrogens is 2. The first-order valence-electron chi connectivity index (χ1n) is 5.47. The fraction of sp³-hybridized carbons (Fsp3) is 0.0714. The summed E-state index contributed by atoms with van der Waals surface area (Å²) in [7, 11) is 0. The SMILES string of the molecule is Brc1ccc2c(Cc3cccnc3)c[nH]c2c1. The molecule has 3 rings (SSSR count). The van der Waals surface area contributed by atoms with Crippen molar-refractivity contribution >= 4 is 26.8 Å². The molecule has 0 aliphatic rings. The van der Waals surface area contributed by atoms with Crippen LogP contribution in [0.5, 0.6) is 0 Å². The predicted molar refractivity (Wildman–Crippen MR) is 73.0 cm³/mol. The minimum atomic E-state index is 0.912. The van der Waals surface area contributed by atoms with Gasteiger partial charge in [0.05, 0.1) is 0 Å². The maximum absolute atomic E-state index is 4.14. The van der Waals surface area contributed by atoms with Crippen LogP contribution < -0.4 is 0 Å². The molecule has 1 aromatic carbocycles. The second-order valence-electron chi connectivity index (χ2n) is 4.04. The molecular weight excluding hydrogens is 276 g/mol. The third kappa shape index (κ3) is 2.11. The molecule has 0 saturated carbocycles. The van der Waals surface area contributed by atoms with Gasteiger partial charge in [-0.1, -0.05) is 28.1 Å². The molecule has 17 heavy (non-hydrogen) atoms. The molecule has 1 N–H and O–H groups in total. The van der Waals surface area contributed by atoms with Gasteiger partial charge in [0.2, 0.25) is 0 Å². The van der Waals surface area contributed by atoms with Gasteiger partial charge in [-0.15, -0.1) is 0 Å². The van der Waals surface area contributed by atoms with Crippen molar-refractivity contribution in [3.63, 3.8) is 0 Å². The van der Waals surface area contributed by atoms with Gasteiger partial charge in [0.15, 0.2) is 0 Å². The second-order valence-corrected chi connectivity index (χ2v) is 4.96. The highest BCUT2D eigenvalue weighted by atomic mass is 79.9. The lowest BCUT2D eigenvalue weighted by atomic mass is 10.1. The van der Waals surface area contributed by atoms with E-state index in [1.54, 1.807) is 6.20 Å². The lowest BCUT2D eigenvalue weighted by Crippen LogP contribution is -1.86. The summed E-state index contributed by atoms with van der Waals surface area (Å²) in [6.45, 7) is 0. The normalized spacial score (nSPS) is 10.9. The molecule has 2 aromatic heterocycles. The number of hydrogen-bond donors (Lipinski definition) is 1. The number of hydrogen-bond acceptors (Lipinski definition) is 1. The van der Waals surface area contributed by atoms with E-state index < -0.39 is 0 Å². The average Bonchev–Trinajstić information content (AvgIpc) is 2.73. The van der Waals surface area contributed by atoms with Crippen molar-refractivity contribution in [2.75, 3.05) is 0 Å². The molecular formula is C14H11BrN2. The lowest BCUT2D eigenvalue weighted by molar-refractivity contribution is 1.15. The summed E-state index contributed by atoms with van der Waals surface area (Å²) in [6, 6.07) is 10.4. The zero-order chi connectivity index (χ0) is 11.7. The minimum Gasteiger partial charge on any atom is -0.361 e. The number of rotatable bonds is 2. The van der Waals surface area contributed by atoms with Crippen LogP contribution >= 0.6 is 15.9 Å². The zero-order valence-electron chi connectivity index (χ0n) is 9.15. The van der Waals surface area contributed by atoms with Crippen molar-refractivity contribution in [3.05, 3.63) is 64.5 Å². The van der Waals surface area contributed by atoms with Gasteiger partial charge in [-0.25, -0.2) is 0 Å². The summed E-state index contributed by atoms with van der Waals surface area (Å²) in [5.41, 5.74) is 3.70. The lowest BCUT2D eigenvalue weighted by Gasteiger charge is -1.99. The Morgan fingerprint density at radius 1 is 1.24 bits per heavy atom. The Bertz CT molecular complexity index is 644. The molecule has 0 bridgehead atoms. The number of benzene rings is 1. The molecule has 3 aromatic rings. The molecule has 0 amide bonds. The van der Waals surface area contributed by atoms with Gasteiger partial charge in [0.1, 0.15) is 0 Å². The summed E-state index contributed by atoms with van der Waals surface area (Å²) in [5.74, 6) is 0. The summed E-state index contributed by atoms with van der Waals surface area (Å²) < 4.78 is 1.10. The molecule has 0 atom stereocenters. The van der Waals surface area contributed by atoms with E-state index in [-0.39, 0.29) is 0 Å². The van der Waals surface area contributed by atoms with Crippen molar-refractivity contribution in [3.8, 4) is 0 Å². The van der Waals surface area contributed by atoms with E-state index in [1.807, 2.05) is 12.3 Å². The van der Waals surface area contributed by atoms with Gasteiger partial charge >= 0.3 is 0 Å². The molecule has 0 fully saturated rings. The Morgan fingerprint density at radius 2 is 2.18 bits per heavy atom. The molecule has 0 spiro atoms. The highest BCUT2D eigenvalue weighted by molar-refractivity contribution is 9.10. The highest BCUT2D eigenvalue weighted by Crippen LogP contribution is 2.23. The molecule has 84 valence electrons. The summed E-state index contributed by atoms with van der Waals surface area (Å²) >= 11 is 3.48. The number of aromatic amines is 1. The fourth-order valence-corrected chi connectivity index (χ4v) is 2.39. The first-order valence-corrected chi connectivity index (χ1v) is 6.26. The Balaban J connectivity index is 2.01. The van der Waals surface area contributed by atoms with Crippen molar-refractivity contribution in [1.29, 1.82) is 0 Å². The Morgan fingerprint density at radius 3 is 3.00 bits per heavy atom. The van der Waals surface area contributed by atoms with Crippen LogP contribution in [0.25, 0.3) is 10.9 Å². The highest BCUT2D eigenvalue weighted by Gasteiger charge is 2.04. The van der Waals surface area contributed by atoms with E-state index in [9.17, 15) is 0 Å².